The van der Waals surface area contributed by atoms with Crippen LogP contribution in [0.3, 0.4) is 0 Å². The summed E-state index contributed by atoms with van der Waals surface area (Å²) in [7, 11) is 5.83. The minimum Gasteiger partial charge on any atom is -0.496 e. The number of carbonyl (C=O) groups excluding carboxylic acids is 2. The molecule has 9 heteroatoms. The molecule has 0 spiro atoms. The van der Waals surface area contributed by atoms with Gasteiger partial charge in [0.15, 0.2) is 0 Å². The van der Waals surface area contributed by atoms with Crippen LogP contribution >= 0.6 is 54.5 Å². The second-order valence-corrected chi connectivity index (χ2v) is 8.81. The molecule has 6 nitrogen and oxygen atoms in total. The van der Waals surface area contributed by atoms with Crippen molar-refractivity contribution >= 4 is 66.4 Å². The van der Waals surface area contributed by atoms with Crippen LogP contribution in [0.1, 0.15) is 16.7 Å². The maximum Gasteiger partial charge on any atom is 0.310 e. The molecular formula is C22H21Br2IO6. The zero-order valence-corrected chi connectivity index (χ0v) is 22.7. The normalized spacial score (nSPS) is 9.61. The first-order chi connectivity index (χ1) is 14.7. The van der Waals surface area contributed by atoms with Crippen LogP contribution in [-0.4, -0.2) is 40.4 Å². The zero-order chi connectivity index (χ0) is 23.6. The highest BCUT2D eigenvalue weighted by molar-refractivity contribution is 14.1. The Morgan fingerprint density at radius 3 is 1.74 bits per heavy atom. The van der Waals surface area contributed by atoms with E-state index in [4.69, 9.17) is 15.9 Å². The lowest BCUT2D eigenvalue weighted by atomic mass is 10.1. The molecule has 0 fully saturated rings. The molecule has 0 saturated carbocycles. The Balaban J connectivity index is 0.000000311. The number of esters is 2. The first-order valence-electron chi connectivity index (χ1n) is 8.69. The highest BCUT2D eigenvalue weighted by Gasteiger charge is 2.14. The lowest BCUT2D eigenvalue weighted by molar-refractivity contribution is -0.140. The molecule has 0 N–H and O–H groups in total. The van der Waals surface area contributed by atoms with Crippen LogP contribution in [0.2, 0.25) is 0 Å². The second kappa shape index (κ2) is 13.6. The standard InChI is InChI=1S/C12H11BrO3.C10H10BrIO3/c1-4-8-5-10(13)9(7-12(14)16-3)11(6-8)15-2;1-14-9-4-6(12)3-8(11)7(9)5-10(13)15-2/h1,5-6H,7H2,2-3H3;3-4H,5H2,1-2H3. The van der Waals surface area contributed by atoms with Crippen LogP contribution in [-0.2, 0) is 31.9 Å². The van der Waals surface area contributed by atoms with E-state index in [-0.39, 0.29) is 24.8 Å². The quantitative estimate of drug-likeness (QED) is 0.247. The number of terminal acetylenes is 1. The third kappa shape index (κ3) is 8.35. The SMILES string of the molecule is C#Cc1cc(Br)c(CC(=O)OC)c(OC)c1.COC(=O)Cc1c(Br)cc(I)cc1OC. The van der Waals surface area contributed by atoms with Gasteiger partial charge >= 0.3 is 11.9 Å². The van der Waals surface area contributed by atoms with Crippen molar-refractivity contribution in [3.05, 3.63) is 53.5 Å². The molecular weight excluding hydrogens is 647 g/mol. The minimum atomic E-state index is -0.326. The summed E-state index contributed by atoms with van der Waals surface area (Å²) in [5.74, 6) is 3.17. The summed E-state index contributed by atoms with van der Waals surface area (Å²) in [6, 6.07) is 7.29. The maximum atomic E-state index is 11.2. The van der Waals surface area contributed by atoms with Gasteiger partial charge < -0.3 is 18.9 Å². The third-order valence-corrected chi connectivity index (χ3v) is 6.02. The van der Waals surface area contributed by atoms with Gasteiger partial charge in [-0.3, -0.25) is 9.59 Å². The van der Waals surface area contributed by atoms with Crippen molar-refractivity contribution in [3.63, 3.8) is 0 Å². The monoisotopic (exact) mass is 666 g/mol. The number of ether oxygens (including phenoxy) is 4. The van der Waals surface area contributed by atoms with E-state index < -0.39 is 0 Å². The van der Waals surface area contributed by atoms with Gasteiger partial charge in [0.2, 0.25) is 0 Å². The number of hydrogen-bond acceptors (Lipinski definition) is 6. The van der Waals surface area contributed by atoms with E-state index in [0.29, 0.717) is 17.1 Å². The van der Waals surface area contributed by atoms with E-state index in [1.165, 1.54) is 21.3 Å². The van der Waals surface area contributed by atoms with Crippen molar-refractivity contribution in [2.75, 3.05) is 28.4 Å². The van der Waals surface area contributed by atoms with E-state index in [1.807, 2.05) is 12.1 Å². The predicted molar refractivity (Wildman–Crippen MR) is 133 cm³/mol. The number of benzene rings is 2. The average molecular weight is 668 g/mol. The van der Waals surface area contributed by atoms with Crippen molar-refractivity contribution in [1.82, 2.24) is 0 Å². The van der Waals surface area contributed by atoms with Crippen LogP contribution in [0.15, 0.2) is 33.2 Å². The van der Waals surface area contributed by atoms with E-state index >= 15 is 0 Å². The van der Waals surface area contributed by atoms with Crippen LogP contribution < -0.4 is 9.47 Å². The van der Waals surface area contributed by atoms with E-state index in [1.54, 1.807) is 19.2 Å². The van der Waals surface area contributed by atoms with Crippen LogP contribution in [0.5, 0.6) is 11.5 Å². The van der Waals surface area contributed by atoms with Gasteiger partial charge in [-0.05, 0) is 46.9 Å². The van der Waals surface area contributed by atoms with Gasteiger partial charge in [-0.15, -0.1) is 6.42 Å². The second-order valence-electron chi connectivity index (χ2n) is 5.86. The number of hydrogen-bond donors (Lipinski definition) is 0. The molecule has 31 heavy (non-hydrogen) atoms. The molecule has 0 radical (unpaired) electrons. The van der Waals surface area contributed by atoms with Gasteiger partial charge in [0.25, 0.3) is 0 Å². The van der Waals surface area contributed by atoms with E-state index in [9.17, 15) is 9.59 Å². The topological polar surface area (TPSA) is 71.1 Å². The van der Waals surface area contributed by atoms with Gasteiger partial charge in [0.05, 0.1) is 41.3 Å². The molecule has 2 aromatic rings. The fourth-order valence-corrected chi connectivity index (χ4v) is 4.60. The van der Waals surface area contributed by atoms with Gasteiger partial charge in [-0.1, -0.05) is 37.8 Å². The van der Waals surface area contributed by atoms with Gasteiger partial charge in [0, 0.05) is 29.2 Å². The Hall–Kier alpha value is -1.77. The fourth-order valence-electron chi connectivity index (χ4n) is 2.41. The molecule has 2 rings (SSSR count). The molecule has 166 valence electrons. The zero-order valence-electron chi connectivity index (χ0n) is 17.4. The minimum absolute atomic E-state index is 0.144. The molecule has 0 unspecified atom stereocenters. The Morgan fingerprint density at radius 2 is 1.32 bits per heavy atom. The van der Waals surface area contributed by atoms with Crippen molar-refractivity contribution in [3.8, 4) is 23.8 Å². The molecule has 0 aliphatic rings. The Morgan fingerprint density at radius 1 is 0.871 bits per heavy atom. The van der Waals surface area contributed by atoms with Crippen molar-refractivity contribution in [2.45, 2.75) is 12.8 Å². The number of rotatable bonds is 6. The summed E-state index contributed by atoms with van der Waals surface area (Å²) >= 11 is 8.95. The molecule has 0 saturated heterocycles. The smallest absolute Gasteiger partial charge is 0.310 e. The highest BCUT2D eigenvalue weighted by Crippen LogP contribution is 2.30. The molecule has 0 atom stereocenters. The van der Waals surface area contributed by atoms with Crippen molar-refractivity contribution in [1.29, 1.82) is 0 Å². The van der Waals surface area contributed by atoms with Gasteiger partial charge in [-0.2, -0.15) is 0 Å². The molecule has 0 aliphatic heterocycles. The number of carbonyl (C=O) groups is 2. The molecule has 0 heterocycles. The Kier molecular flexibility index (Phi) is 12.0. The Labute approximate surface area is 212 Å². The third-order valence-electron chi connectivity index (χ3n) is 3.98. The molecule has 0 amide bonds. The molecule has 0 aromatic heterocycles. The maximum absolute atomic E-state index is 11.2. The first-order valence-corrected chi connectivity index (χ1v) is 11.4. The van der Waals surface area contributed by atoms with Gasteiger partial charge in [-0.25, -0.2) is 0 Å². The van der Waals surface area contributed by atoms with Crippen LogP contribution in [0.25, 0.3) is 0 Å². The van der Waals surface area contributed by atoms with Crippen LogP contribution in [0.4, 0.5) is 0 Å². The lowest BCUT2D eigenvalue weighted by Gasteiger charge is -2.10. The predicted octanol–water partition coefficient (Wildman–Crippen LogP) is 4.93. The van der Waals surface area contributed by atoms with E-state index in [0.717, 1.165) is 23.6 Å². The van der Waals surface area contributed by atoms with Crippen molar-refractivity contribution in [2.24, 2.45) is 0 Å². The number of halogens is 3. The van der Waals surface area contributed by atoms with Crippen LogP contribution in [0, 0.1) is 15.9 Å². The lowest BCUT2D eigenvalue weighted by Crippen LogP contribution is -2.07. The number of methoxy groups -OCH3 is 4. The largest absolute Gasteiger partial charge is 0.496 e. The molecule has 2 aromatic carbocycles. The summed E-state index contributed by atoms with van der Waals surface area (Å²) in [5, 5.41) is 0. The average Bonchev–Trinajstić information content (AvgIpc) is 2.76. The van der Waals surface area contributed by atoms with E-state index in [2.05, 4.69) is 69.8 Å². The molecule has 0 bridgehead atoms. The Bertz CT molecular complexity index is 985. The first kappa shape index (κ1) is 27.3. The van der Waals surface area contributed by atoms with Gasteiger partial charge in [0.1, 0.15) is 11.5 Å². The summed E-state index contributed by atoms with van der Waals surface area (Å²) in [5.41, 5.74) is 2.23. The summed E-state index contributed by atoms with van der Waals surface area (Å²) in [4.78, 5) is 22.4. The highest BCUT2D eigenvalue weighted by atomic mass is 127. The van der Waals surface area contributed by atoms with Crippen molar-refractivity contribution < 1.29 is 28.5 Å². The summed E-state index contributed by atoms with van der Waals surface area (Å²) < 4.78 is 22.3. The molecule has 0 aliphatic carbocycles. The summed E-state index contributed by atoms with van der Waals surface area (Å²) in [6.07, 6.45) is 5.65. The summed E-state index contributed by atoms with van der Waals surface area (Å²) in [6.45, 7) is 0. The fraction of sp³-hybridized carbons (Fsp3) is 0.273.